The molecule has 0 N–H and O–H groups in total. The molecule has 1 fully saturated rings. The topological polar surface area (TPSA) is 42.3 Å². The van der Waals surface area contributed by atoms with E-state index in [0.717, 1.165) is 40.2 Å². The van der Waals surface area contributed by atoms with E-state index >= 15 is 0 Å². The minimum Gasteiger partial charge on any atom is -0.342 e. The van der Waals surface area contributed by atoms with Gasteiger partial charge in [0.15, 0.2) is 0 Å². The van der Waals surface area contributed by atoms with Gasteiger partial charge in [0.2, 0.25) is 0 Å². The number of carbonyl (C=O) groups excluding carboxylic acids is 2. The number of rotatable bonds is 6. The quantitative estimate of drug-likeness (QED) is 0.234. The average molecular weight is 539 g/mol. The summed E-state index contributed by atoms with van der Waals surface area (Å²) >= 11 is 13.0. The lowest BCUT2D eigenvalue weighted by molar-refractivity contribution is -0.123. The van der Waals surface area contributed by atoms with Crippen LogP contribution >= 0.6 is 35.0 Å². The summed E-state index contributed by atoms with van der Waals surface area (Å²) in [6.45, 7) is 2.53. The van der Waals surface area contributed by atoms with Crippen molar-refractivity contribution in [2.24, 2.45) is 0 Å². The number of amides is 2. The molecule has 3 aromatic carbocycles. The van der Waals surface area contributed by atoms with Gasteiger partial charge >= 0.3 is 0 Å². The monoisotopic (exact) mass is 538 g/mol. The number of para-hydroxylation sites is 1. The van der Waals surface area contributed by atoms with Gasteiger partial charge in [-0.25, -0.2) is 4.39 Å². The number of carbonyl (C=O) groups is 2. The van der Waals surface area contributed by atoms with Crippen LogP contribution < -0.4 is 0 Å². The van der Waals surface area contributed by atoms with Crippen LogP contribution in [0.2, 0.25) is 10.0 Å². The zero-order chi connectivity index (χ0) is 25.4. The molecule has 1 aromatic heterocycles. The Morgan fingerprint density at radius 2 is 1.72 bits per heavy atom. The number of fused-ring (bicyclic) bond motifs is 1. The van der Waals surface area contributed by atoms with E-state index in [2.05, 4.69) is 13.0 Å². The standard InChI is InChI=1S/C28H21Cl2FN2O2S/c1-2-18-7-5-8-21-20(16-32(26(18)21)15-19-6-3-4-9-24(19)31)13-25-27(34)33(28(35)36-25)14-17-10-11-22(29)23(30)12-17/h3-13,16H,2,14-15H2,1H3/b25-13-. The van der Waals surface area contributed by atoms with Gasteiger partial charge in [0, 0.05) is 22.7 Å². The molecule has 0 radical (unpaired) electrons. The highest BCUT2D eigenvalue weighted by Gasteiger charge is 2.35. The van der Waals surface area contributed by atoms with Crippen LogP contribution in [0.25, 0.3) is 17.0 Å². The lowest BCUT2D eigenvalue weighted by Crippen LogP contribution is -2.27. The lowest BCUT2D eigenvalue weighted by Gasteiger charge is -2.12. The smallest absolute Gasteiger partial charge is 0.293 e. The van der Waals surface area contributed by atoms with Crippen molar-refractivity contribution in [2.45, 2.75) is 26.4 Å². The van der Waals surface area contributed by atoms with E-state index in [1.165, 1.54) is 11.0 Å². The third-order valence-corrected chi connectivity index (χ3v) is 7.82. The van der Waals surface area contributed by atoms with Crippen molar-refractivity contribution in [3.63, 3.8) is 0 Å². The normalized spacial score (nSPS) is 15.0. The van der Waals surface area contributed by atoms with Crippen molar-refractivity contribution in [3.05, 3.63) is 110 Å². The van der Waals surface area contributed by atoms with Crippen molar-refractivity contribution < 1.29 is 14.0 Å². The summed E-state index contributed by atoms with van der Waals surface area (Å²) < 4.78 is 16.4. The van der Waals surface area contributed by atoms with E-state index in [4.69, 9.17) is 23.2 Å². The van der Waals surface area contributed by atoms with Gasteiger partial charge in [-0.15, -0.1) is 0 Å². The van der Waals surface area contributed by atoms with Crippen molar-refractivity contribution in [1.29, 1.82) is 0 Å². The van der Waals surface area contributed by atoms with Crippen molar-refractivity contribution in [2.75, 3.05) is 0 Å². The van der Waals surface area contributed by atoms with Gasteiger partial charge in [0.1, 0.15) is 5.82 Å². The molecule has 0 saturated carbocycles. The summed E-state index contributed by atoms with van der Waals surface area (Å²) in [6, 6.07) is 17.7. The molecule has 36 heavy (non-hydrogen) atoms. The number of aryl methyl sites for hydroxylation is 1. The van der Waals surface area contributed by atoms with Crippen LogP contribution in [-0.2, 0) is 24.3 Å². The Hall–Kier alpha value is -3.06. The molecule has 1 aliphatic heterocycles. The number of imide groups is 1. The van der Waals surface area contributed by atoms with Crippen LogP contribution in [0, 0.1) is 5.82 Å². The molecule has 4 aromatic rings. The number of halogens is 3. The maximum absolute atomic E-state index is 14.4. The van der Waals surface area contributed by atoms with Crippen molar-refractivity contribution in [1.82, 2.24) is 9.47 Å². The minimum atomic E-state index is -0.363. The summed E-state index contributed by atoms with van der Waals surface area (Å²) in [5, 5.41) is 1.38. The molecule has 2 amide bonds. The molecule has 4 nitrogen and oxygen atoms in total. The van der Waals surface area contributed by atoms with E-state index in [1.807, 2.05) is 29.0 Å². The van der Waals surface area contributed by atoms with E-state index in [9.17, 15) is 14.0 Å². The Kier molecular flexibility index (Phi) is 6.93. The molecule has 0 bridgehead atoms. The molecular weight excluding hydrogens is 518 g/mol. The average Bonchev–Trinajstić information content (AvgIpc) is 3.34. The van der Waals surface area contributed by atoms with Gasteiger partial charge in [0.25, 0.3) is 11.1 Å². The lowest BCUT2D eigenvalue weighted by atomic mass is 10.1. The highest BCUT2D eigenvalue weighted by atomic mass is 35.5. The third-order valence-electron chi connectivity index (χ3n) is 6.18. The van der Waals surface area contributed by atoms with Crippen molar-refractivity contribution >= 4 is 63.1 Å². The first-order valence-electron chi connectivity index (χ1n) is 11.4. The number of thioether (sulfide) groups is 1. The Morgan fingerprint density at radius 1 is 0.944 bits per heavy atom. The Labute approximate surface area is 222 Å². The zero-order valence-electron chi connectivity index (χ0n) is 19.3. The predicted octanol–water partition coefficient (Wildman–Crippen LogP) is 7.93. The molecule has 0 spiro atoms. The molecule has 0 aliphatic carbocycles. The zero-order valence-corrected chi connectivity index (χ0v) is 21.6. The van der Waals surface area contributed by atoms with E-state index < -0.39 is 0 Å². The summed E-state index contributed by atoms with van der Waals surface area (Å²) in [6.07, 6.45) is 4.47. The SMILES string of the molecule is CCc1cccc2c(/C=C3\SC(=O)N(Cc4ccc(Cl)c(Cl)c4)C3=O)cn(Cc3ccccc3F)c12. The first-order chi connectivity index (χ1) is 17.4. The molecule has 5 rings (SSSR count). The largest absolute Gasteiger partial charge is 0.342 e. The molecule has 2 heterocycles. The van der Waals surface area contributed by atoms with Crippen LogP contribution in [-0.4, -0.2) is 20.6 Å². The van der Waals surface area contributed by atoms with Crippen LogP contribution in [0.15, 0.2) is 71.8 Å². The van der Waals surface area contributed by atoms with Crippen LogP contribution in [0.3, 0.4) is 0 Å². The second kappa shape index (κ2) is 10.1. The highest BCUT2D eigenvalue weighted by molar-refractivity contribution is 8.18. The maximum Gasteiger partial charge on any atom is 0.293 e. The fraction of sp³-hybridized carbons (Fsp3) is 0.143. The Balaban J connectivity index is 1.51. The first-order valence-corrected chi connectivity index (χ1v) is 13.0. The number of aromatic nitrogens is 1. The second-order valence-corrected chi connectivity index (χ2v) is 10.3. The van der Waals surface area contributed by atoms with Crippen LogP contribution in [0.4, 0.5) is 9.18 Å². The summed E-state index contributed by atoms with van der Waals surface area (Å²) in [7, 11) is 0. The van der Waals surface area contributed by atoms with E-state index in [-0.39, 0.29) is 23.5 Å². The predicted molar refractivity (Wildman–Crippen MR) is 145 cm³/mol. The number of hydrogen-bond donors (Lipinski definition) is 0. The van der Waals surface area contributed by atoms with E-state index in [0.29, 0.717) is 32.6 Å². The number of hydrogen-bond acceptors (Lipinski definition) is 3. The van der Waals surface area contributed by atoms with Crippen LogP contribution in [0.5, 0.6) is 0 Å². The maximum atomic E-state index is 14.4. The summed E-state index contributed by atoms with van der Waals surface area (Å²) in [5.74, 6) is -0.629. The molecule has 1 saturated heterocycles. The minimum absolute atomic E-state index is 0.105. The van der Waals surface area contributed by atoms with Gasteiger partial charge in [-0.1, -0.05) is 72.6 Å². The van der Waals surface area contributed by atoms with Crippen molar-refractivity contribution in [3.8, 4) is 0 Å². The Bertz CT molecular complexity index is 1550. The molecule has 0 atom stereocenters. The number of benzene rings is 3. The second-order valence-electron chi connectivity index (χ2n) is 8.49. The number of nitrogens with zero attached hydrogens (tertiary/aromatic N) is 2. The van der Waals surface area contributed by atoms with Gasteiger partial charge in [0.05, 0.1) is 33.6 Å². The third kappa shape index (κ3) is 4.69. The van der Waals surface area contributed by atoms with Gasteiger partial charge in [-0.05, 0) is 53.6 Å². The molecule has 8 heteroatoms. The Morgan fingerprint density at radius 3 is 2.47 bits per heavy atom. The molecule has 182 valence electrons. The first kappa shape index (κ1) is 24.6. The fourth-order valence-electron chi connectivity index (χ4n) is 4.40. The van der Waals surface area contributed by atoms with Crippen LogP contribution in [0.1, 0.15) is 29.2 Å². The fourth-order valence-corrected chi connectivity index (χ4v) is 5.55. The molecule has 1 aliphatic rings. The van der Waals surface area contributed by atoms with E-state index in [1.54, 1.807) is 36.4 Å². The molecular formula is C28H21Cl2FN2O2S. The molecule has 0 unspecified atom stereocenters. The highest BCUT2D eigenvalue weighted by Crippen LogP contribution is 2.36. The summed E-state index contributed by atoms with van der Waals surface area (Å²) in [5.41, 5.74) is 4.20. The summed E-state index contributed by atoms with van der Waals surface area (Å²) in [4.78, 5) is 27.4. The van der Waals surface area contributed by atoms with Gasteiger partial charge in [-0.3, -0.25) is 14.5 Å². The van der Waals surface area contributed by atoms with Gasteiger partial charge in [-0.2, -0.15) is 0 Å². The van der Waals surface area contributed by atoms with Gasteiger partial charge < -0.3 is 4.57 Å².